The summed E-state index contributed by atoms with van der Waals surface area (Å²) in [6.45, 7) is 0.646. The predicted molar refractivity (Wildman–Crippen MR) is 95.2 cm³/mol. The van der Waals surface area contributed by atoms with E-state index in [1.807, 2.05) is 30.3 Å². The molecule has 0 radical (unpaired) electrons. The average Bonchev–Trinajstić information content (AvgIpc) is 3.43. The lowest BCUT2D eigenvalue weighted by atomic mass is 9.93. The number of unbranched alkanes of at least 4 members (excludes halogenated alkanes) is 1. The Kier molecular flexibility index (Phi) is 6.34. The first-order valence-electron chi connectivity index (χ1n) is 8.83. The number of rotatable bonds is 8. The Morgan fingerprint density at radius 3 is 2.72 bits per heavy atom. The Hall–Kier alpha value is -1.56. The molecule has 1 aromatic rings. The maximum atomic E-state index is 12.4. The van der Waals surface area contributed by atoms with Gasteiger partial charge in [0.25, 0.3) is 5.91 Å². The van der Waals surface area contributed by atoms with Crippen LogP contribution in [-0.4, -0.2) is 36.6 Å². The van der Waals surface area contributed by atoms with Gasteiger partial charge in [-0.15, -0.1) is 0 Å². The van der Waals surface area contributed by atoms with Crippen molar-refractivity contribution in [1.29, 1.82) is 0 Å². The highest BCUT2D eigenvalue weighted by Gasteiger charge is 2.31. The number of ether oxygens (including phenoxy) is 2. The molecule has 1 aromatic carbocycles. The molecular formula is C19H24ClNO4. The molecule has 1 aliphatic heterocycles. The Labute approximate surface area is 153 Å². The molecule has 0 saturated heterocycles. The first kappa shape index (κ1) is 18.2. The van der Waals surface area contributed by atoms with Crippen molar-refractivity contribution in [3.05, 3.63) is 46.7 Å². The number of amides is 1. The zero-order valence-corrected chi connectivity index (χ0v) is 14.9. The molecule has 0 spiro atoms. The first-order chi connectivity index (χ1) is 12.2. The third kappa shape index (κ3) is 5.46. The predicted octanol–water partition coefficient (Wildman–Crippen LogP) is 3.12. The summed E-state index contributed by atoms with van der Waals surface area (Å²) in [5, 5.41) is 12.5. The van der Waals surface area contributed by atoms with Gasteiger partial charge in [0, 0.05) is 30.0 Å². The fourth-order valence-electron chi connectivity index (χ4n) is 2.77. The van der Waals surface area contributed by atoms with Gasteiger partial charge in [0.05, 0.1) is 6.61 Å². The fourth-order valence-corrected chi connectivity index (χ4v) is 2.90. The fraction of sp³-hybridized carbons (Fsp3) is 0.526. The molecule has 136 valence electrons. The lowest BCUT2D eigenvalue weighted by molar-refractivity contribution is -0.146. The van der Waals surface area contributed by atoms with Gasteiger partial charge in [-0.05, 0) is 49.5 Å². The largest absolute Gasteiger partial charge is 0.459 e. The topological polar surface area (TPSA) is 67.8 Å². The van der Waals surface area contributed by atoms with Gasteiger partial charge in [-0.1, -0.05) is 23.7 Å². The zero-order chi connectivity index (χ0) is 17.6. The molecule has 2 atom stereocenters. The van der Waals surface area contributed by atoms with E-state index in [1.54, 1.807) is 0 Å². The lowest BCUT2D eigenvalue weighted by Gasteiger charge is -2.29. The maximum Gasteiger partial charge on any atom is 0.286 e. The summed E-state index contributed by atoms with van der Waals surface area (Å²) in [6.07, 6.45) is 5.55. The van der Waals surface area contributed by atoms with Crippen molar-refractivity contribution >= 4 is 17.5 Å². The normalized spacial score (nSPS) is 22.9. The Bertz CT molecular complexity index is 612. The summed E-state index contributed by atoms with van der Waals surface area (Å²) in [4.78, 5) is 12.4. The molecular weight excluding hydrogens is 342 g/mol. The first-order valence-corrected chi connectivity index (χ1v) is 9.21. The van der Waals surface area contributed by atoms with Crippen LogP contribution < -0.4 is 5.32 Å². The maximum absolute atomic E-state index is 12.4. The monoisotopic (exact) mass is 365 g/mol. The van der Waals surface area contributed by atoms with Crippen LogP contribution in [0.25, 0.3) is 0 Å². The highest BCUT2D eigenvalue weighted by Crippen LogP contribution is 2.32. The van der Waals surface area contributed by atoms with Crippen LogP contribution in [0.15, 0.2) is 36.1 Å². The molecule has 1 aliphatic carbocycles. The Morgan fingerprint density at radius 2 is 2.04 bits per heavy atom. The second-order valence-electron chi connectivity index (χ2n) is 6.52. The quantitative estimate of drug-likeness (QED) is 0.694. The SMILES string of the molecule is O=C(NC1CC1)C1=C[C@@H](c2ccc(Cl)cc2)C[C@@H](OCCCCO)O1. The number of carbonyl (C=O) groups is 1. The van der Waals surface area contributed by atoms with E-state index in [-0.39, 0.29) is 24.5 Å². The zero-order valence-electron chi connectivity index (χ0n) is 14.1. The Balaban J connectivity index is 1.69. The van der Waals surface area contributed by atoms with Gasteiger partial charge < -0.3 is 19.9 Å². The van der Waals surface area contributed by atoms with Crippen LogP contribution in [0.2, 0.25) is 5.02 Å². The van der Waals surface area contributed by atoms with E-state index in [1.165, 1.54) is 0 Å². The van der Waals surface area contributed by atoms with Crippen LogP contribution in [0.1, 0.15) is 43.6 Å². The van der Waals surface area contributed by atoms with Crippen molar-refractivity contribution in [3.8, 4) is 0 Å². The second-order valence-corrected chi connectivity index (χ2v) is 6.96. The smallest absolute Gasteiger partial charge is 0.286 e. The number of benzene rings is 1. The third-order valence-corrected chi connectivity index (χ3v) is 4.60. The molecule has 5 nitrogen and oxygen atoms in total. The third-order valence-electron chi connectivity index (χ3n) is 4.35. The van der Waals surface area contributed by atoms with Crippen molar-refractivity contribution in [3.63, 3.8) is 0 Å². The van der Waals surface area contributed by atoms with E-state index >= 15 is 0 Å². The van der Waals surface area contributed by atoms with Gasteiger partial charge >= 0.3 is 0 Å². The summed E-state index contributed by atoms with van der Waals surface area (Å²) in [7, 11) is 0. The van der Waals surface area contributed by atoms with Crippen LogP contribution in [-0.2, 0) is 14.3 Å². The van der Waals surface area contributed by atoms with Crippen molar-refractivity contribution < 1.29 is 19.4 Å². The minimum Gasteiger partial charge on any atom is -0.459 e. The number of hydrogen-bond acceptors (Lipinski definition) is 4. The summed E-state index contributed by atoms with van der Waals surface area (Å²) in [6, 6.07) is 7.90. The molecule has 1 amide bonds. The standard InChI is InChI=1S/C19H24ClNO4/c20-15-5-3-13(4-6-15)14-11-17(19(23)21-16-7-8-16)25-18(12-14)24-10-2-1-9-22/h3-6,11,14,16,18,22H,1-2,7-10,12H2,(H,21,23)/t14-,18+/m1/s1. The van der Waals surface area contributed by atoms with Crippen molar-refractivity contribution in [2.75, 3.05) is 13.2 Å². The van der Waals surface area contributed by atoms with Crippen molar-refractivity contribution in [2.45, 2.75) is 50.4 Å². The summed E-state index contributed by atoms with van der Waals surface area (Å²) < 4.78 is 11.6. The van der Waals surface area contributed by atoms with E-state index in [2.05, 4.69) is 5.32 Å². The number of halogens is 1. The van der Waals surface area contributed by atoms with Crippen LogP contribution in [0.4, 0.5) is 0 Å². The second kappa shape index (κ2) is 8.70. The van der Waals surface area contributed by atoms with Gasteiger partial charge in [0.1, 0.15) is 0 Å². The van der Waals surface area contributed by atoms with Crippen LogP contribution >= 0.6 is 11.6 Å². The van der Waals surface area contributed by atoms with Crippen molar-refractivity contribution in [1.82, 2.24) is 5.32 Å². The molecule has 25 heavy (non-hydrogen) atoms. The average molecular weight is 366 g/mol. The molecule has 1 fully saturated rings. The molecule has 0 aromatic heterocycles. The van der Waals surface area contributed by atoms with Crippen LogP contribution in [0.5, 0.6) is 0 Å². The van der Waals surface area contributed by atoms with E-state index < -0.39 is 6.29 Å². The molecule has 0 unspecified atom stereocenters. The lowest BCUT2D eigenvalue weighted by Crippen LogP contribution is -2.34. The summed E-state index contributed by atoms with van der Waals surface area (Å²) in [5.74, 6) is 0.184. The number of aliphatic hydroxyl groups excluding tert-OH is 1. The van der Waals surface area contributed by atoms with E-state index in [9.17, 15) is 4.79 Å². The molecule has 1 heterocycles. The minimum absolute atomic E-state index is 0.0359. The van der Waals surface area contributed by atoms with Gasteiger partial charge in [0.15, 0.2) is 5.76 Å². The molecule has 2 aliphatic rings. The summed E-state index contributed by atoms with van der Waals surface area (Å²) in [5.41, 5.74) is 1.08. The van der Waals surface area contributed by atoms with Crippen molar-refractivity contribution in [2.24, 2.45) is 0 Å². The van der Waals surface area contributed by atoms with Crippen LogP contribution in [0, 0.1) is 0 Å². The number of hydrogen-bond donors (Lipinski definition) is 2. The van der Waals surface area contributed by atoms with E-state index in [0.717, 1.165) is 24.8 Å². The highest BCUT2D eigenvalue weighted by molar-refractivity contribution is 6.30. The van der Waals surface area contributed by atoms with Gasteiger partial charge in [-0.2, -0.15) is 0 Å². The minimum atomic E-state index is -0.468. The number of nitrogens with one attached hydrogen (secondary N) is 1. The highest BCUT2D eigenvalue weighted by atomic mass is 35.5. The molecule has 0 bridgehead atoms. The Morgan fingerprint density at radius 1 is 1.28 bits per heavy atom. The molecule has 6 heteroatoms. The van der Waals surface area contributed by atoms with Gasteiger partial charge in [0.2, 0.25) is 6.29 Å². The number of aliphatic hydroxyl groups is 1. The van der Waals surface area contributed by atoms with E-state index in [0.29, 0.717) is 30.2 Å². The summed E-state index contributed by atoms with van der Waals surface area (Å²) >= 11 is 5.97. The molecule has 3 rings (SSSR count). The molecule has 2 N–H and O–H groups in total. The van der Waals surface area contributed by atoms with E-state index in [4.69, 9.17) is 26.2 Å². The van der Waals surface area contributed by atoms with Crippen LogP contribution in [0.3, 0.4) is 0 Å². The van der Waals surface area contributed by atoms with Gasteiger partial charge in [-0.25, -0.2) is 0 Å². The number of carbonyl (C=O) groups excluding carboxylic acids is 1. The van der Waals surface area contributed by atoms with Gasteiger partial charge in [-0.3, -0.25) is 4.79 Å². The molecule has 1 saturated carbocycles. The number of allylic oxidation sites excluding steroid dienone is 1.